The molecule has 1 aromatic rings. The van der Waals surface area contributed by atoms with Crippen molar-refractivity contribution in [2.75, 3.05) is 11.4 Å². The molecule has 3 nitrogen and oxygen atoms in total. The molecule has 0 spiro atoms. The third-order valence-corrected chi connectivity index (χ3v) is 5.03. The van der Waals surface area contributed by atoms with Crippen molar-refractivity contribution in [3.63, 3.8) is 0 Å². The van der Waals surface area contributed by atoms with Gasteiger partial charge in [0, 0.05) is 30.3 Å². The van der Waals surface area contributed by atoms with Crippen molar-refractivity contribution >= 4 is 11.7 Å². The number of anilines is 1. The fourth-order valence-electron chi connectivity index (χ4n) is 3.68. The first-order valence-electron chi connectivity index (χ1n) is 9.46. The van der Waals surface area contributed by atoms with Crippen LogP contribution in [0.5, 0.6) is 0 Å². The number of halogens is 1. The number of nitrogens with zero attached hydrogens (tertiary/aromatic N) is 1. The maximum atomic E-state index is 14.8. The number of carboxylic acids is 1. The van der Waals surface area contributed by atoms with E-state index in [-0.39, 0.29) is 5.92 Å². The van der Waals surface area contributed by atoms with Gasteiger partial charge in [0.05, 0.1) is 0 Å². The molecule has 1 aromatic carbocycles. The molecule has 2 unspecified atom stereocenters. The van der Waals surface area contributed by atoms with Gasteiger partial charge in [-0.15, -0.1) is 0 Å². The minimum absolute atomic E-state index is 0.219. The van der Waals surface area contributed by atoms with Gasteiger partial charge in [-0.25, -0.2) is 9.18 Å². The lowest BCUT2D eigenvalue weighted by atomic mass is 9.88. The molecule has 1 heterocycles. The average molecular weight is 359 g/mol. The Labute approximate surface area is 156 Å². The lowest BCUT2D eigenvalue weighted by molar-refractivity contribution is -0.131. The Bertz CT molecular complexity index is 693. The van der Waals surface area contributed by atoms with Gasteiger partial charge in [-0.2, -0.15) is 0 Å². The summed E-state index contributed by atoms with van der Waals surface area (Å²) < 4.78 is 14.8. The van der Waals surface area contributed by atoms with Crippen molar-refractivity contribution in [2.45, 2.75) is 65.1 Å². The molecule has 142 valence electrons. The van der Waals surface area contributed by atoms with E-state index in [1.807, 2.05) is 13.0 Å². The molecule has 0 amide bonds. The SMILES string of the molecule is CCC(c1ccc2c(c1)CCCN2C(C)C)C(F)/C=C/C(C)=C/C(=O)O. The first-order valence-corrected chi connectivity index (χ1v) is 9.46. The number of fused-ring (bicyclic) bond motifs is 1. The largest absolute Gasteiger partial charge is 0.478 e. The summed E-state index contributed by atoms with van der Waals surface area (Å²) in [6.45, 7) is 9.13. The van der Waals surface area contributed by atoms with Crippen LogP contribution in [-0.4, -0.2) is 29.8 Å². The van der Waals surface area contributed by atoms with Crippen molar-refractivity contribution in [3.05, 3.63) is 53.1 Å². The second kappa shape index (κ2) is 9.02. The van der Waals surface area contributed by atoms with Crippen molar-refractivity contribution in [1.82, 2.24) is 0 Å². The van der Waals surface area contributed by atoms with E-state index >= 15 is 0 Å². The van der Waals surface area contributed by atoms with Gasteiger partial charge in [0.2, 0.25) is 0 Å². The number of hydrogen-bond acceptors (Lipinski definition) is 2. The molecule has 4 heteroatoms. The molecule has 1 N–H and O–H groups in total. The summed E-state index contributed by atoms with van der Waals surface area (Å²) in [5, 5.41) is 8.75. The van der Waals surface area contributed by atoms with Crippen LogP contribution < -0.4 is 4.90 Å². The molecular weight excluding hydrogens is 329 g/mol. The molecule has 1 aliphatic rings. The van der Waals surface area contributed by atoms with E-state index in [9.17, 15) is 9.18 Å². The fraction of sp³-hybridized carbons (Fsp3) is 0.500. The molecule has 0 fully saturated rings. The maximum absolute atomic E-state index is 14.8. The van der Waals surface area contributed by atoms with Gasteiger partial charge in [-0.05, 0) is 68.9 Å². The van der Waals surface area contributed by atoms with E-state index < -0.39 is 12.1 Å². The first-order chi connectivity index (χ1) is 12.3. The van der Waals surface area contributed by atoms with Crippen LogP contribution in [-0.2, 0) is 11.2 Å². The van der Waals surface area contributed by atoms with Gasteiger partial charge < -0.3 is 10.0 Å². The van der Waals surface area contributed by atoms with Gasteiger partial charge in [-0.1, -0.05) is 25.1 Å². The van der Waals surface area contributed by atoms with E-state index in [4.69, 9.17) is 5.11 Å². The molecule has 2 atom stereocenters. The highest BCUT2D eigenvalue weighted by atomic mass is 19.1. The Kier molecular flexibility index (Phi) is 7.01. The molecule has 0 aromatic heterocycles. The highest BCUT2D eigenvalue weighted by Gasteiger charge is 2.23. The molecule has 1 aliphatic heterocycles. The van der Waals surface area contributed by atoms with Gasteiger partial charge in [0.15, 0.2) is 0 Å². The smallest absolute Gasteiger partial charge is 0.328 e. The summed E-state index contributed by atoms with van der Waals surface area (Å²) in [5.74, 6) is -1.23. The zero-order valence-corrected chi connectivity index (χ0v) is 16.2. The van der Waals surface area contributed by atoms with Gasteiger partial charge in [0.25, 0.3) is 0 Å². The summed E-state index contributed by atoms with van der Waals surface area (Å²) in [7, 11) is 0. The number of carbonyl (C=O) groups is 1. The average Bonchev–Trinajstić information content (AvgIpc) is 2.59. The summed E-state index contributed by atoms with van der Waals surface area (Å²) in [6.07, 6.45) is 5.84. The standard InChI is InChI=1S/C22H30FNO2/c1-5-19(20(23)10-8-16(4)13-22(25)26)17-9-11-21-18(14-17)7-6-12-24(21)15(2)3/h8-11,13-15,19-20H,5-7,12H2,1-4H3,(H,25,26)/b10-8+,16-13+. The zero-order chi connectivity index (χ0) is 19.3. The van der Waals surface area contributed by atoms with E-state index in [1.54, 1.807) is 13.0 Å². The third kappa shape index (κ3) is 4.96. The van der Waals surface area contributed by atoms with Crippen molar-refractivity contribution in [3.8, 4) is 0 Å². The number of allylic oxidation sites excluding steroid dienone is 3. The molecule has 0 aliphatic carbocycles. The van der Waals surface area contributed by atoms with Crippen LogP contribution in [0.25, 0.3) is 0 Å². The number of alkyl halides is 1. The quantitative estimate of drug-likeness (QED) is 0.533. The Morgan fingerprint density at radius 1 is 1.38 bits per heavy atom. The number of aliphatic carboxylic acids is 1. The third-order valence-electron chi connectivity index (χ3n) is 5.03. The highest BCUT2D eigenvalue weighted by molar-refractivity contribution is 5.81. The second-order valence-corrected chi connectivity index (χ2v) is 7.32. The molecule has 2 rings (SSSR count). The first kappa shape index (κ1) is 20.2. The van der Waals surface area contributed by atoms with Crippen molar-refractivity contribution in [2.24, 2.45) is 0 Å². The molecule has 0 bridgehead atoms. The molecule has 0 saturated carbocycles. The molecule has 26 heavy (non-hydrogen) atoms. The fourth-order valence-corrected chi connectivity index (χ4v) is 3.68. The van der Waals surface area contributed by atoms with Crippen molar-refractivity contribution in [1.29, 1.82) is 0 Å². The van der Waals surface area contributed by atoms with Gasteiger partial charge in [-0.3, -0.25) is 0 Å². The van der Waals surface area contributed by atoms with Crippen molar-refractivity contribution < 1.29 is 14.3 Å². The van der Waals surface area contributed by atoms with E-state index in [0.717, 1.165) is 31.0 Å². The number of benzene rings is 1. The van der Waals surface area contributed by atoms with Crippen LogP contribution in [0.3, 0.4) is 0 Å². The Hall–Kier alpha value is -2.10. The van der Waals surface area contributed by atoms with Gasteiger partial charge >= 0.3 is 5.97 Å². The molecule has 0 radical (unpaired) electrons. The summed E-state index contributed by atoms with van der Waals surface area (Å²) in [6, 6.07) is 6.81. The molecule has 0 saturated heterocycles. The van der Waals surface area contributed by atoms with Crippen LogP contribution in [0.2, 0.25) is 0 Å². The summed E-state index contributed by atoms with van der Waals surface area (Å²) >= 11 is 0. The summed E-state index contributed by atoms with van der Waals surface area (Å²) in [4.78, 5) is 13.1. The molecular formula is C22H30FNO2. The lowest BCUT2D eigenvalue weighted by Gasteiger charge is -2.35. The monoisotopic (exact) mass is 359 g/mol. The normalized spacial score (nSPS) is 17.5. The predicted molar refractivity (Wildman–Crippen MR) is 106 cm³/mol. The van der Waals surface area contributed by atoms with E-state index in [2.05, 4.69) is 30.9 Å². The van der Waals surface area contributed by atoms with Crippen LogP contribution in [0, 0.1) is 0 Å². The Morgan fingerprint density at radius 3 is 2.73 bits per heavy atom. The van der Waals surface area contributed by atoms with Crippen LogP contribution in [0.15, 0.2) is 42.0 Å². The highest BCUT2D eigenvalue weighted by Crippen LogP contribution is 2.34. The number of aryl methyl sites for hydroxylation is 1. The number of hydrogen-bond donors (Lipinski definition) is 1. The zero-order valence-electron chi connectivity index (χ0n) is 16.2. The minimum Gasteiger partial charge on any atom is -0.478 e. The number of carboxylic acid groups (broad SMARTS) is 1. The number of rotatable bonds is 7. The van der Waals surface area contributed by atoms with Crippen LogP contribution in [0.4, 0.5) is 10.1 Å². The topological polar surface area (TPSA) is 40.5 Å². The van der Waals surface area contributed by atoms with E-state index in [1.165, 1.54) is 17.3 Å². The second-order valence-electron chi connectivity index (χ2n) is 7.32. The Balaban J connectivity index is 2.22. The van der Waals surface area contributed by atoms with Gasteiger partial charge in [0.1, 0.15) is 6.17 Å². The summed E-state index contributed by atoms with van der Waals surface area (Å²) in [5.41, 5.74) is 4.14. The van der Waals surface area contributed by atoms with E-state index in [0.29, 0.717) is 18.0 Å². The predicted octanol–water partition coefficient (Wildman–Crippen LogP) is 5.27. The van der Waals surface area contributed by atoms with Crippen LogP contribution >= 0.6 is 0 Å². The minimum atomic E-state index is -1.14. The Morgan fingerprint density at radius 2 is 2.12 bits per heavy atom. The maximum Gasteiger partial charge on any atom is 0.328 e. The lowest BCUT2D eigenvalue weighted by Crippen LogP contribution is -2.35. The van der Waals surface area contributed by atoms with Crippen LogP contribution in [0.1, 0.15) is 57.6 Å².